The number of ether oxygens (including phenoxy) is 1. The zero-order chi connectivity index (χ0) is 21.6. The molecule has 4 rings (SSSR count). The lowest BCUT2D eigenvalue weighted by molar-refractivity contribution is -0.115. The SMILES string of the molecule is CCOc1ccc(CC(=O)Nc2cccc(-c3csc(-c4ccc(Cl)cc4)n3)c2)cc1. The smallest absolute Gasteiger partial charge is 0.228 e. The maximum absolute atomic E-state index is 12.5. The molecule has 31 heavy (non-hydrogen) atoms. The zero-order valence-electron chi connectivity index (χ0n) is 17.0. The Morgan fingerprint density at radius 3 is 2.55 bits per heavy atom. The fourth-order valence-electron chi connectivity index (χ4n) is 3.15. The van der Waals surface area contributed by atoms with Crippen molar-refractivity contribution in [1.29, 1.82) is 0 Å². The second-order valence-corrected chi connectivity index (χ2v) is 8.22. The summed E-state index contributed by atoms with van der Waals surface area (Å²) >= 11 is 7.55. The molecule has 1 aromatic heterocycles. The van der Waals surface area contributed by atoms with Gasteiger partial charge in [0.15, 0.2) is 0 Å². The van der Waals surface area contributed by atoms with Gasteiger partial charge in [0.25, 0.3) is 0 Å². The first-order chi connectivity index (χ1) is 15.1. The Labute approximate surface area is 190 Å². The number of aromatic nitrogens is 1. The summed E-state index contributed by atoms with van der Waals surface area (Å²) in [6, 6.07) is 23.0. The highest BCUT2D eigenvalue weighted by atomic mass is 35.5. The van der Waals surface area contributed by atoms with E-state index in [1.807, 2.05) is 85.1 Å². The number of nitrogens with one attached hydrogen (secondary N) is 1. The summed E-state index contributed by atoms with van der Waals surface area (Å²) in [5.41, 5.74) is 4.53. The van der Waals surface area contributed by atoms with Gasteiger partial charge in [-0.2, -0.15) is 0 Å². The molecule has 6 heteroatoms. The number of rotatable bonds is 7. The number of benzene rings is 3. The number of hydrogen-bond acceptors (Lipinski definition) is 4. The maximum Gasteiger partial charge on any atom is 0.228 e. The molecule has 0 fully saturated rings. The minimum absolute atomic E-state index is 0.0681. The average molecular weight is 449 g/mol. The van der Waals surface area contributed by atoms with Crippen LogP contribution < -0.4 is 10.1 Å². The first-order valence-electron chi connectivity index (χ1n) is 9.94. The predicted octanol–water partition coefficient (Wildman–Crippen LogP) is 6.71. The number of halogens is 1. The Morgan fingerprint density at radius 1 is 1.03 bits per heavy atom. The van der Waals surface area contributed by atoms with Crippen molar-refractivity contribution in [2.45, 2.75) is 13.3 Å². The van der Waals surface area contributed by atoms with Crippen LogP contribution in [0.2, 0.25) is 5.02 Å². The van der Waals surface area contributed by atoms with Crippen LogP contribution in [-0.2, 0) is 11.2 Å². The molecule has 1 amide bonds. The number of thiazole rings is 1. The van der Waals surface area contributed by atoms with Crippen LogP contribution in [0.15, 0.2) is 78.2 Å². The van der Waals surface area contributed by atoms with Crippen molar-refractivity contribution in [3.8, 4) is 27.6 Å². The summed E-state index contributed by atoms with van der Waals surface area (Å²) in [5.74, 6) is 0.738. The largest absolute Gasteiger partial charge is 0.494 e. The second-order valence-electron chi connectivity index (χ2n) is 6.93. The van der Waals surface area contributed by atoms with E-state index in [-0.39, 0.29) is 5.91 Å². The van der Waals surface area contributed by atoms with E-state index in [0.29, 0.717) is 18.1 Å². The Bertz CT molecular complexity index is 1170. The van der Waals surface area contributed by atoms with E-state index in [1.54, 1.807) is 11.3 Å². The van der Waals surface area contributed by atoms with Crippen LogP contribution in [0.4, 0.5) is 5.69 Å². The number of amides is 1. The molecule has 156 valence electrons. The van der Waals surface area contributed by atoms with Gasteiger partial charge in [0.2, 0.25) is 5.91 Å². The Morgan fingerprint density at radius 2 is 1.81 bits per heavy atom. The molecule has 0 bridgehead atoms. The molecule has 1 heterocycles. The van der Waals surface area contributed by atoms with E-state index in [4.69, 9.17) is 21.3 Å². The van der Waals surface area contributed by atoms with Crippen molar-refractivity contribution < 1.29 is 9.53 Å². The zero-order valence-corrected chi connectivity index (χ0v) is 18.5. The molecule has 0 unspecified atom stereocenters. The summed E-state index contributed by atoms with van der Waals surface area (Å²) in [6.45, 7) is 2.57. The summed E-state index contributed by atoms with van der Waals surface area (Å²) in [7, 11) is 0. The Balaban J connectivity index is 1.43. The predicted molar refractivity (Wildman–Crippen MR) is 128 cm³/mol. The molecule has 3 aromatic carbocycles. The molecule has 0 saturated carbocycles. The van der Waals surface area contributed by atoms with Crippen molar-refractivity contribution in [2.24, 2.45) is 0 Å². The van der Waals surface area contributed by atoms with E-state index >= 15 is 0 Å². The summed E-state index contributed by atoms with van der Waals surface area (Å²) in [4.78, 5) is 17.2. The van der Waals surface area contributed by atoms with Crippen LogP contribution in [0, 0.1) is 0 Å². The van der Waals surface area contributed by atoms with E-state index in [0.717, 1.165) is 38.8 Å². The van der Waals surface area contributed by atoms with E-state index in [1.165, 1.54) is 0 Å². The van der Waals surface area contributed by atoms with Gasteiger partial charge in [-0.25, -0.2) is 4.98 Å². The Hall–Kier alpha value is -3.15. The minimum atomic E-state index is -0.0681. The molecule has 4 aromatic rings. The monoisotopic (exact) mass is 448 g/mol. The number of anilines is 1. The highest BCUT2D eigenvalue weighted by Gasteiger charge is 2.09. The van der Waals surface area contributed by atoms with Crippen molar-refractivity contribution in [3.05, 3.63) is 88.8 Å². The normalized spacial score (nSPS) is 10.6. The molecule has 0 atom stereocenters. The molecule has 0 spiro atoms. The van der Waals surface area contributed by atoms with Crippen molar-refractivity contribution in [3.63, 3.8) is 0 Å². The summed E-state index contributed by atoms with van der Waals surface area (Å²) in [6.07, 6.45) is 0.300. The van der Waals surface area contributed by atoms with Crippen molar-refractivity contribution >= 4 is 34.5 Å². The fraction of sp³-hybridized carbons (Fsp3) is 0.120. The van der Waals surface area contributed by atoms with Crippen molar-refractivity contribution in [2.75, 3.05) is 11.9 Å². The van der Waals surface area contributed by atoms with Crippen LogP contribution in [0.3, 0.4) is 0 Å². The lowest BCUT2D eigenvalue weighted by atomic mass is 10.1. The van der Waals surface area contributed by atoms with Crippen LogP contribution in [0.25, 0.3) is 21.8 Å². The van der Waals surface area contributed by atoms with Crippen LogP contribution >= 0.6 is 22.9 Å². The number of carbonyl (C=O) groups is 1. The van der Waals surface area contributed by atoms with Gasteiger partial charge in [0.1, 0.15) is 10.8 Å². The van der Waals surface area contributed by atoms with Gasteiger partial charge in [-0.05, 0) is 48.9 Å². The van der Waals surface area contributed by atoms with Gasteiger partial charge in [-0.15, -0.1) is 11.3 Å². The van der Waals surface area contributed by atoms with Crippen molar-refractivity contribution in [1.82, 2.24) is 4.98 Å². The number of hydrogen-bond donors (Lipinski definition) is 1. The molecular weight excluding hydrogens is 428 g/mol. The average Bonchev–Trinajstić information content (AvgIpc) is 3.26. The third-order valence-electron chi connectivity index (χ3n) is 4.64. The molecule has 0 radical (unpaired) electrons. The molecule has 0 saturated heterocycles. The highest BCUT2D eigenvalue weighted by Crippen LogP contribution is 2.30. The number of carbonyl (C=O) groups excluding carboxylic acids is 1. The standard InChI is InChI=1S/C25H21ClN2O2S/c1-2-30-22-12-6-17(7-13-22)14-24(29)27-21-5-3-4-19(15-21)23-16-31-25(28-23)18-8-10-20(26)11-9-18/h3-13,15-16H,2,14H2,1H3,(H,27,29). The molecule has 0 aliphatic rings. The van der Waals surface area contributed by atoms with Crippen LogP contribution in [-0.4, -0.2) is 17.5 Å². The van der Waals surface area contributed by atoms with Gasteiger partial charge >= 0.3 is 0 Å². The number of nitrogens with zero attached hydrogens (tertiary/aromatic N) is 1. The third-order valence-corrected chi connectivity index (χ3v) is 5.78. The van der Waals surface area contributed by atoms with Gasteiger partial charge in [-0.1, -0.05) is 48.0 Å². The van der Waals surface area contributed by atoms with Gasteiger partial charge in [0.05, 0.1) is 18.7 Å². The van der Waals surface area contributed by atoms with Gasteiger partial charge < -0.3 is 10.1 Å². The molecule has 4 nitrogen and oxygen atoms in total. The first-order valence-corrected chi connectivity index (χ1v) is 11.2. The second kappa shape index (κ2) is 9.77. The highest BCUT2D eigenvalue weighted by molar-refractivity contribution is 7.13. The first kappa shape index (κ1) is 21.1. The van der Waals surface area contributed by atoms with Gasteiger partial charge in [0, 0.05) is 27.2 Å². The fourth-order valence-corrected chi connectivity index (χ4v) is 4.11. The van der Waals surface area contributed by atoms with E-state index in [9.17, 15) is 4.79 Å². The van der Waals surface area contributed by atoms with E-state index < -0.39 is 0 Å². The van der Waals surface area contributed by atoms with Crippen LogP contribution in [0.5, 0.6) is 5.75 Å². The molecule has 1 N–H and O–H groups in total. The lowest BCUT2D eigenvalue weighted by Crippen LogP contribution is -2.14. The lowest BCUT2D eigenvalue weighted by Gasteiger charge is -2.08. The molecule has 0 aliphatic carbocycles. The third kappa shape index (κ3) is 5.51. The topological polar surface area (TPSA) is 51.2 Å². The molecule has 0 aliphatic heterocycles. The minimum Gasteiger partial charge on any atom is -0.494 e. The Kier molecular flexibility index (Phi) is 6.65. The molecular formula is C25H21ClN2O2S. The van der Waals surface area contributed by atoms with E-state index in [2.05, 4.69) is 5.32 Å². The van der Waals surface area contributed by atoms with Gasteiger partial charge in [-0.3, -0.25) is 4.79 Å². The maximum atomic E-state index is 12.5. The summed E-state index contributed by atoms with van der Waals surface area (Å²) < 4.78 is 5.44. The van der Waals surface area contributed by atoms with Crippen LogP contribution in [0.1, 0.15) is 12.5 Å². The summed E-state index contributed by atoms with van der Waals surface area (Å²) in [5, 5.41) is 6.62. The quantitative estimate of drug-likeness (QED) is 0.341.